The third kappa shape index (κ3) is 1.76. The van der Waals surface area contributed by atoms with Crippen molar-refractivity contribution in [3.63, 3.8) is 0 Å². The maximum atomic E-state index is 13.0. The first-order chi connectivity index (χ1) is 7.74. The van der Waals surface area contributed by atoms with Crippen molar-refractivity contribution in [3.05, 3.63) is 30.1 Å². The molecule has 4 nitrogen and oxygen atoms in total. The highest BCUT2D eigenvalue weighted by Crippen LogP contribution is 2.28. The summed E-state index contributed by atoms with van der Waals surface area (Å²) in [6.07, 6.45) is 1.39. The Hall–Kier alpha value is -2.26. The molecule has 0 atom stereocenters. The Kier molecular flexibility index (Phi) is 2.62. The van der Waals surface area contributed by atoms with E-state index in [0.29, 0.717) is 16.7 Å². The number of aromatic nitrogens is 1. The highest BCUT2D eigenvalue weighted by Gasteiger charge is 2.06. The summed E-state index contributed by atoms with van der Waals surface area (Å²) >= 11 is 0. The maximum Gasteiger partial charge on any atom is 0.242 e. The van der Waals surface area contributed by atoms with E-state index in [2.05, 4.69) is 9.98 Å². The first kappa shape index (κ1) is 10.3. The topological polar surface area (TPSA) is 51.5 Å². The molecule has 1 aromatic carbocycles. The van der Waals surface area contributed by atoms with Crippen LogP contribution in [-0.2, 0) is 4.79 Å². The molecule has 0 unspecified atom stereocenters. The Bertz CT molecular complexity index is 592. The van der Waals surface area contributed by atoms with Gasteiger partial charge in [-0.05, 0) is 18.2 Å². The number of ether oxygens (including phenoxy) is 1. The number of carbonyl (C=O) groups excluding carboxylic acids is 1. The molecule has 0 aliphatic rings. The highest BCUT2D eigenvalue weighted by molar-refractivity contribution is 5.86. The van der Waals surface area contributed by atoms with Gasteiger partial charge in [0.15, 0.2) is 5.82 Å². The van der Waals surface area contributed by atoms with Crippen molar-refractivity contribution < 1.29 is 13.9 Å². The number of fused-ring (bicyclic) bond motifs is 1. The van der Waals surface area contributed by atoms with Crippen LogP contribution < -0.4 is 4.74 Å². The quantitative estimate of drug-likeness (QED) is 0.574. The molecule has 16 heavy (non-hydrogen) atoms. The van der Waals surface area contributed by atoms with E-state index in [0.717, 1.165) is 0 Å². The van der Waals surface area contributed by atoms with Gasteiger partial charge < -0.3 is 4.74 Å². The Balaban J connectivity index is 2.77. The van der Waals surface area contributed by atoms with Gasteiger partial charge in [0.2, 0.25) is 6.08 Å². The van der Waals surface area contributed by atoms with Crippen molar-refractivity contribution in [2.45, 2.75) is 0 Å². The molecule has 0 saturated heterocycles. The molecular formula is C11H7FN2O2. The van der Waals surface area contributed by atoms with E-state index in [-0.39, 0.29) is 11.6 Å². The van der Waals surface area contributed by atoms with Gasteiger partial charge in [0.1, 0.15) is 11.6 Å². The molecule has 0 amide bonds. The van der Waals surface area contributed by atoms with E-state index in [9.17, 15) is 9.18 Å². The van der Waals surface area contributed by atoms with Crippen molar-refractivity contribution in [3.8, 4) is 5.75 Å². The fourth-order valence-electron chi connectivity index (χ4n) is 1.43. The second-order valence-corrected chi connectivity index (χ2v) is 3.05. The van der Waals surface area contributed by atoms with Gasteiger partial charge in [-0.3, -0.25) is 0 Å². The largest absolute Gasteiger partial charge is 0.496 e. The average molecular weight is 218 g/mol. The minimum absolute atomic E-state index is 0.186. The number of aliphatic imine (C=N–C) groups is 1. The summed E-state index contributed by atoms with van der Waals surface area (Å²) in [6.45, 7) is 0. The highest BCUT2D eigenvalue weighted by atomic mass is 19.1. The summed E-state index contributed by atoms with van der Waals surface area (Å²) in [5, 5.41) is 0.535. The van der Waals surface area contributed by atoms with E-state index in [1.165, 1.54) is 37.5 Å². The minimum atomic E-state index is -0.376. The zero-order valence-electron chi connectivity index (χ0n) is 8.40. The maximum absolute atomic E-state index is 13.0. The standard InChI is InChI=1S/C11H7FN2O2/c1-16-10-5-11(13-6-15)14-9-3-2-7(12)4-8(9)10/h2-5H,1H3. The molecule has 2 rings (SSSR count). The number of nitrogens with zero attached hydrogens (tertiary/aromatic N) is 2. The molecular weight excluding hydrogens is 211 g/mol. The van der Waals surface area contributed by atoms with Crippen LogP contribution >= 0.6 is 0 Å². The van der Waals surface area contributed by atoms with E-state index >= 15 is 0 Å². The van der Waals surface area contributed by atoms with Gasteiger partial charge in [0.25, 0.3) is 0 Å². The van der Waals surface area contributed by atoms with Crippen LogP contribution in [0.4, 0.5) is 10.2 Å². The number of methoxy groups -OCH3 is 1. The molecule has 0 spiro atoms. The molecule has 0 fully saturated rings. The lowest BCUT2D eigenvalue weighted by molar-refractivity contribution is 0.419. The first-order valence-corrected chi connectivity index (χ1v) is 4.47. The molecule has 1 heterocycles. The van der Waals surface area contributed by atoms with Crippen LogP contribution in [-0.4, -0.2) is 18.2 Å². The van der Waals surface area contributed by atoms with E-state index < -0.39 is 0 Å². The van der Waals surface area contributed by atoms with Gasteiger partial charge >= 0.3 is 0 Å². The Labute approximate surface area is 90.4 Å². The number of benzene rings is 1. The lowest BCUT2D eigenvalue weighted by Crippen LogP contribution is -1.88. The summed E-state index contributed by atoms with van der Waals surface area (Å²) in [7, 11) is 1.45. The Morgan fingerprint density at radius 1 is 1.44 bits per heavy atom. The van der Waals surface area contributed by atoms with E-state index in [4.69, 9.17) is 4.74 Å². The van der Waals surface area contributed by atoms with Gasteiger partial charge in [-0.15, -0.1) is 4.99 Å². The minimum Gasteiger partial charge on any atom is -0.496 e. The summed E-state index contributed by atoms with van der Waals surface area (Å²) in [5.41, 5.74) is 0.509. The van der Waals surface area contributed by atoms with Gasteiger partial charge in [-0.1, -0.05) is 0 Å². The second kappa shape index (κ2) is 4.08. The van der Waals surface area contributed by atoms with Gasteiger partial charge in [-0.2, -0.15) is 0 Å². The first-order valence-electron chi connectivity index (χ1n) is 4.47. The van der Waals surface area contributed by atoms with Gasteiger partial charge in [0.05, 0.1) is 12.6 Å². The zero-order valence-corrected chi connectivity index (χ0v) is 8.40. The molecule has 0 N–H and O–H groups in total. The number of isocyanates is 1. The molecule has 0 bridgehead atoms. The van der Waals surface area contributed by atoms with Gasteiger partial charge in [0, 0.05) is 11.5 Å². The number of hydrogen-bond acceptors (Lipinski definition) is 4. The Morgan fingerprint density at radius 3 is 2.94 bits per heavy atom. The smallest absolute Gasteiger partial charge is 0.242 e. The molecule has 0 saturated carbocycles. The normalized spacial score (nSPS) is 9.88. The van der Waals surface area contributed by atoms with Crippen LogP contribution in [0.25, 0.3) is 10.9 Å². The molecule has 0 aliphatic carbocycles. The third-order valence-electron chi connectivity index (χ3n) is 2.10. The third-order valence-corrected chi connectivity index (χ3v) is 2.10. The number of rotatable bonds is 2. The Morgan fingerprint density at radius 2 is 2.25 bits per heavy atom. The monoisotopic (exact) mass is 218 g/mol. The van der Waals surface area contributed by atoms with Crippen LogP contribution in [0.5, 0.6) is 5.75 Å². The molecule has 0 aliphatic heterocycles. The van der Waals surface area contributed by atoms with Gasteiger partial charge in [-0.25, -0.2) is 14.2 Å². The van der Waals surface area contributed by atoms with Crippen molar-refractivity contribution in [1.29, 1.82) is 0 Å². The summed E-state index contributed by atoms with van der Waals surface area (Å²) in [5.74, 6) is 0.226. The van der Waals surface area contributed by atoms with Crippen molar-refractivity contribution in [1.82, 2.24) is 4.98 Å². The molecule has 0 radical (unpaired) electrons. The number of pyridine rings is 1. The van der Waals surface area contributed by atoms with Crippen LogP contribution in [0.15, 0.2) is 29.3 Å². The van der Waals surface area contributed by atoms with Crippen LogP contribution in [0.2, 0.25) is 0 Å². The summed E-state index contributed by atoms with van der Waals surface area (Å²) in [4.78, 5) is 17.6. The lowest BCUT2D eigenvalue weighted by Gasteiger charge is -2.05. The van der Waals surface area contributed by atoms with Crippen LogP contribution in [0.1, 0.15) is 0 Å². The number of halogens is 1. The molecule has 5 heteroatoms. The second-order valence-electron chi connectivity index (χ2n) is 3.05. The SMILES string of the molecule is COc1cc(N=C=O)nc2ccc(F)cc12. The van der Waals surface area contributed by atoms with Crippen molar-refractivity contribution >= 4 is 22.8 Å². The fourth-order valence-corrected chi connectivity index (χ4v) is 1.43. The predicted octanol–water partition coefficient (Wildman–Crippen LogP) is 2.35. The average Bonchev–Trinajstić information content (AvgIpc) is 2.29. The predicted molar refractivity (Wildman–Crippen MR) is 56.0 cm³/mol. The summed E-state index contributed by atoms with van der Waals surface area (Å²) < 4.78 is 18.1. The van der Waals surface area contributed by atoms with E-state index in [1.54, 1.807) is 0 Å². The zero-order chi connectivity index (χ0) is 11.5. The number of hydrogen-bond donors (Lipinski definition) is 0. The molecule has 2 aromatic rings. The fraction of sp³-hybridized carbons (Fsp3) is 0.0909. The van der Waals surface area contributed by atoms with Crippen LogP contribution in [0, 0.1) is 5.82 Å². The molecule has 1 aromatic heterocycles. The lowest BCUT2D eigenvalue weighted by atomic mass is 10.2. The van der Waals surface area contributed by atoms with Crippen molar-refractivity contribution in [2.24, 2.45) is 4.99 Å². The van der Waals surface area contributed by atoms with Crippen molar-refractivity contribution in [2.75, 3.05) is 7.11 Å². The van der Waals surface area contributed by atoms with E-state index in [1.807, 2.05) is 0 Å². The van der Waals surface area contributed by atoms with Crippen LogP contribution in [0.3, 0.4) is 0 Å². The molecule has 80 valence electrons. The summed E-state index contributed by atoms with van der Waals surface area (Å²) in [6, 6.07) is 5.54.